The van der Waals surface area contributed by atoms with Crippen LogP contribution in [0.25, 0.3) is 0 Å². The van der Waals surface area contributed by atoms with Gasteiger partial charge in [-0.1, -0.05) is 49.6 Å². The van der Waals surface area contributed by atoms with E-state index in [4.69, 9.17) is 4.74 Å². The molecule has 1 atom stereocenters. The van der Waals surface area contributed by atoms with Gasteiger partial charge in [0.25, 0.3) is 0 Å². The van der Waals surface area contributed by atoms with Crippen LogP contribution in [0.3, 0.4) is 0 Å². The molecule has 0 radical (unpaired) electrons. The third kappa shape index (κ3) is 3.17. The second-order valence-corrected chi connectivity index (χ2v) is 6.88. The molecule has 0 aliphatic carbocycles. The Bertz CT molecular complexity index is 681. The molecule has 0 spiro atoms. The summed E-state index contributed by atoms with van der Waals surface area (Å²) in [5.41, 5.74) is 4.73. The number of benzene rings is 2. The van der Waals surface area contributed by atoms with E-state index in [1.165, 1.54) is 0 Å². The Morgan fingerprint density at radius 1 is 1.05 bits per heavy atom. The Balaban J connectivity index is 2.68. The van der Waals surface area contributed by atoms with E-state index in [1.54, 1.807) is 7.11 Å². The third-order valence-corrected chi connectivity index (χ3v) is 5.18. The minimum atomic E-state index is -0.745. The lowest BCUT2D eigenvalue weighted by Crippen LogP contribution is -2.07. The van der Waals surface area contributed by atoms with Gasteiger partial charge in [0.05, 0.1) is 7.11 Å². The molecule has 0 saturated carbocycles. The zero-order chi connectivity index (χ0) is 15.7. The highest BCUT2D eigenvalue weighted by Crippen LogP contribution is 2.40. The summed E-state index contributed by atoms with van der Waals surface area (Å²) in [6.07, 6.45) is -0.745. The van der Waals surface area contributed by atoms with Crippen molar-refractivity contribution in [1.82, 2.24) is 0 Å². The summed E-state index contributed by atoms with van der Waals surface area (Å²) in [5, 5.41) is 10.9. The molecular weight excluding hydrogens is 396 g/mol. The number of aliphatic hydroxyl groups excluding tert-OH is 1. The summed E-state index contributed by atoms with van der Waals surface area (Å²) in [4.78, 5) is 0. The van der Waals surface area contributed by atoms with E-state index in [1.807, 2.05) is 45.0 Å². The summed E-state index contributed by atoms with van der Waals surface area (Å²) in [6, 6.07) is 7.97. The number of hydrogen-bond donors (Lipinski definition) is 1. The second kappa shape index (κ2) is 6.51. The summed E-state index contributed by atoms with van der Waals surface area (Å²) < 4.78 is 7.39. The lowest BCUT2D eigenvalue weighted by Gasteiger charge is -2.22. The topological polar surface area (TPSA) is 29.5 Å². The summed E-state index contributed by atoms with van der Waals surface area (Å²) in [6.45, 7) is 5.97. The van der Waals surface area contributed by atoms with E-state index in [0.29, 0.717) is 0 Å². The second-order valence-electron chi connectivity index (χ2n) is 5.17. The van der Waals surface area contributed by atoms with Crippen LogP contribution in [0.1, 0.15) is 33.9 Å². The smallest absolute Gasteiger partial charge is 0.128 e. The van der Waals surface area contributed by atoms with Gasteiger partial charge in [-0.2, -0.15) is 0 Å². The zero-order valence-corrected chi connectivity index (χ0v) is 15.7. The van der Waals surface area contributed by atoms with Crippen LogP contribution in [0.2, 0.25) is 0 Å². The Labute approximate surface area is 142 Å². The number of hydrogen-bond acceptors (Lipinski definition) is 2. The van der Waals surface area contributed by atoms with Gasteiger partial charge >= 0.3 is 0 Å². The van der Waals surface area contributed by atoms with Crippen molar-refractivity contribution in [3.63, 3.8) is 0 Å². The minimum absolute atomic E-state index is 0.733. The SMILES string of the molecule is COc1c(C)cc(Br)c(C)c1C(O)c1cc(C)ccc1Br. The van der Waals surface area contributed by atoms with Crippen LogP contribution in [-0.2, 0) is 0 Å². The molecule has 0 heterocycles. The van der Waals surface area contributed by atoms with Crippen molar-refractivity contribution in [1.29, 1.82) is 0 Å². The van der Waals surface area contributed by atoms with Crippen LogP contribution in [0.5, 0.6) is 5.75 Å². The molecule has 1 N–H and O–H groups in total. The van der Waals surface area contributed by atoms with Crippen LogP contribution in [-0.4, -0.2) is 12.2 Å². The molecule has 0 fully saturated rings. The molecule has 0 aromatic heterocycles. The van der Waals surface area contributed by atoms with Gasteiger partial charge in [0.15, 0.2) is 0 Å². The lowest BCUT2D eigenvalue weighted by atomic mass is 9.93. The number of methoxy groups -OCH3 is 1. The lowest BCUT2D eigenvalue weighted by molar-refractivity contribution is 0.212. The molecule has 2 rings (SSSR count). The molecule has 2 nitrogen and oxygen atoms in total. The highest BCUT2D eigenvalue weighted by atomic mass is 79.9. The fourth-order valence-electron chi connectivity index (χ4n) is 2.50. The van der Waals surface area contributed by atoms with Crippen molar-refractivity contribution in [2.24, 2.45) is 0 Å². The molecule has 0 amide bonds. The zero-order valence-electron chi connectivity index (χ0n) is 12.5. The fraction of sp³-hybridized carbons (Fsp3) is 0.294. The maximum absolute atomic E-state index is 10.9. The number of aryl methyl sites for hydroxylation is 2. The maximum atomic E-state index is 10.9. The van der Waals surface area contributed by atoms with Crippen molar-refractivity contribution in [3.05, 3.63) is 61.0 Å². The average molecular weight is 414 g/mol. The van der Waals surface area contributed by atoms with E-state index in [-0.39, 0.29) is 0 Å². The summed E-state index contributed by atoms with van der Waals surface area (Å²) in [7, 11) is 1.64. The van der Waals surface area contributed by atoms with Crippen LogP contribution in [0, 0.1) is 20.8 Å². The van der Waals surface area contributed by atoms with E-state index in [9.17, 15) is 5.11 Å². The Morgan fingerprint density at radius 3 is 2.33 bits per heavy atom. The molecule has 0 bridgehead atoms. The molecule has 0 aliphatic rings. The van der Waals surface area contributed by atoms with E-state index < -0.39 is 6.10 Å². The quantitative estimate of drug-likeness (QED) is 0.746. The Hall–Kier alpha value is -0.840. The molecular formula is C17H18Br2O2. The molecule has 0 saturated heterocycles. The van der Waals surface area contributed by atoms with Crippen molar-refractivity contribution in [2.75, 3.05) is 7.11 Å². The van der Waals surface area contributed by atoms with Crippen molar-refractivity contribution < 1.29 is 9.84 Å². The van der Waals surface area contributed by atoms with Gasteiger partial charge in [-0.3, -0.25) is 0 Å². The van der Waals surface area contributed by atoms with Crippen LogP contribution < -0.4 is 4.74 Å². The number of halogens is 2. The number of rotatable bonds is 3. The van der Waals surface area contributed by atoms with E-state index in [0.717, 1.165) is 42.5 Å². The summed E-state index contributed by atoms with van der Waals surface area (Å²) >= 11 is 7.08. The molecule has 1 unspecified atom stereocenters. The first kappa shape index (κ1) is 16.5. The average Bonchev–Trinajstić information content (AvgIpc) is 2.44. The highest BCUT2D eigenvalue weighted by molar-refractivity contribution is 9.10. The molecule has 21 heavy (non-hydrogen) atoms. The fourth-order valence-corrected chi connectivity index (χ4v) is 3.52. The van der Waals surface area contributed by atoms with Crippen LogP contribution in [0.15, 0.2) is 33.2 Å². The molecule has 112 valence electrons. The summed E-state index contributed by atoms with van der Waals surface area (Å²) in [5.74, 6) is 0.733. The minimum Gasteiger partial charge on any atom is -0.496 e. The third-order valence-electron chi connectivity index (χ3n) is 3.63. The van der Waals surface area contributed by atoms with Crippen LogP contribution in [0.4, 0.5) is 0 Å². The Morgan fingerprint density at radius 2 is 1.71 bits per heavy atom. The van der Waals surface area contributed by atoms with Crippen LogP contribution >= 0.6 is 31.9 Å². The number of ether oxygens (including phenoxy) is 1. The maximum Gasteiger partial charge on any atom is 0.128 e. The van der Waals surface area contributed by atoms with Gasteiger partial charge in [-0.15, -0.1) is 0 Å². The Kier molecular flexibility index (Phi) is 5.12. The first-order valence-electron chi connectivity index (χ1n) is 6.64. The monoisotopic (exact) mass is 412 g/mol. The highest BCUT2D eigenvalue weighted by Gasteiger charge is 2.23. The van der Waals surface area contributed by atoms with Gasteiger partial charge in [0, 0.05) is 14.5 Å². The van der Waals surface area contributed by atoms with Gasteiger partial charge in [0.2, 0.25) is 0 Å². The van der Waals surface area contributed by atoms with Crippen molar-refractivity contribution in [3.8, 4) is 5.75 Å². The first-order valence-corrected chi connectivity index (χ1v) is 8.23. The molecule has 2 aromatic rings. The van der Waals surface area contributed by atoms with E-state index >= 15 is 0 Å². The van der Waals surface area contributed by atoms with Gasteiger partial charge in [-0.25, -0.2) is 0 Å². The van der Waals surface area contributed by atoms with Crippen molar-refractivity contribution >= 4 is 31.9 Å². The normalized spacial score (nSPS) is 12.3. The van der Waals surface area contributed by atoms with Gasteiger partial charge in [-0.05, 0) is 49.6 Å². The largest absolute Gasteiger partial charge is 0.496 e. The molecule has 2 aromatic carbocycles. The van der Waals surface area contributed by atoms with Gasteiger partial charge in [0.1, 0.15) is 11.9 Å². The number of aliphatic hydroxyl groups is 1. The molecule has 4 heteroatoms. The van der Waals surface area contributed by atoms with Gasteiger partial charge < -0.3 is 9.84 Å². The van der Waals surface area contributed by atoms with E-state index in [2.05, 4.69) is 31.9 Å². The van der Waals surface area contributed by atoms with Crippen molar-refractivity contribution in [2.45, 2.75) is 26.9 Å². The standard InChI is InChI=1S/C17H18Br2O2/c1-9-5-6-13(18)12(7-9)16(20)15-11(3)14(19)8-10(2)17(15)21-4/h5-8,16,20H,1-4H3. The predicted octanol–water partition coefficient (Wildman–Crippen LogP) is 5.23. The predicted molar refractivity (Wildman–Crippen MR) is 93.1 cm³/mol. The molecule has 0 aliphatic heterocycles. The first-order chi connectivity index (χ1) is 9.86.